The van der Waals surface area contributed by atoms with Crippen LogP contribution in [0.1, 0.15) is 60.6 Å². The molecule has 0 unspecified atom stereocenters. The van der Waals surface area contributed by atoms with Gasteiger partial charge in [0.05, 0.1) is 4.88 Å². The predicted octanol–water partition coefficient (Wildman–Crippen LogP) is 3.87. The first-order chi connectivity index (χ1) is 11.5. The van der Waals surface area contributed by atoms with Crippen LogP contribution in [-0.4, -0.2) is 24.1 Å². The van der Waals surface area contributed by atoms with Crippen LogP contribution in [0.15, 0.2) is 30.3 Å². The minimum Gasteiger partial charge on any atom is -0.453 e. The summed E-state index contributed by atoms with van der Waals surface area (Å²) < 4.78 is 5.09. The van der Waals surface area contributed by atoms with Crippen LogP contribution < -0.4 is 0 Å². The molecular formula is C19H18O4S. The summed E-state index contributed by atoms with van der Waals surface area (Å²) in [4.78, 5) is 36.3. The van der Waals surface area contributed by atoms with Crippen molar-refractivity contribution in [3.8, 4) is 0 Å². The van der Waals surface area contributed by atoms with Gasteiger partial charge < -0.3 is 4.74 Å². The number of thiophene rings is 1. The smallest absolute Gasteiger partial charge is 0.348 e. The van der Waals surface area contributed by atoms with Crippen LogP contribution in [0.5, 0.6) is 0 Å². The summed E-state index contributed by atoms with van der Waals surface area (Å²) in [5.41, 5.74) is 3.12. The summed E-state index contributed by atoms with van der Waals surface area (Å²) in [5, 5.41) is 0. The quantitative estimate of drug-likeness (QED) is 0.611. The molecule has 0 aliphatic heterocycles. The number of benzene rings is 1. The zero-order valence-electron chi connectivity index (χ0n) is 13.5. The van der Waals surface area contributed by atoms with Crippen LogP contribution >= 0.6 is 11.3 Å². The zero-order valence-corrected chi connectivity index (χ0v) is 14.3. The van der Waals surface area contributed by atoms with E-state index in [4.69, 9.17) is 4.74 Å². The lowest BCUT2D eigenvalue weighted by Crippen LogP contribution is -2.14. The largest absolute Gasteiger partial charge is 0.453 e. The molecule has 0 saturated heterocycles. The Labute approximate surface area is 144 Å². The molecule has 3 rings (SSSR count). The Morgan fingerprint density at radius 1 is 1.00 bits per heavy atom. The average molecular weight is 342 g/mol. The van der Waals surface area contributed by atoms with Gasteiger partial charge in [-0.1, -0.05) is 12.1 Å². The van der Waals surface area contributed by atoms with Crippen molar-refractivity contribution in [1.82, 2.24) is 0 Å². The maximum Gasteiger partial charge on any atom is 0.348 e. The van der Waals surface area contributed by atoms with E-state index in [1.165, 1.54) is 24.5 Å². The van der Waals surface area contributed by atoms with Gasteiger partial charge in [-0.15, -0.1) is 11.3 Å². The van der Waals surface area contributed by atoms with E-state index in [1.807, 2.05) is 12.1 Å². The molecule has 124 valence electrons. The monoisotopic (exact) mass is 342 g/mol. The molecule has 24 heavy (non-hydrogen) atoms. The lowest BCUT2D eigenvalue weighted by molar-refractivity contribution is 0.0479. The molecule has 0 atom stereocenters. The lowest BCUT2D eigenvalue weighted by atomic mass is 9.90. The highest BCUT2D eigenvalue weighted by molar-refractivity contribution is 7.15. The van der Waals surface area contributed by atoms with Gasteiger partial charge in [0.25, 0.3) is 0 Å². The summed E-state index contributed by atoms with van der Waals surface area (Å²) in [6.07, 6.45) is 4.41. The van der Waals surface area contributed by atoms with Gasteiger partial charge in [-0.25, -0.2) is 4.79 Å². The summed E-state index contributed by atoms with van der Waals surface area (Å²) in [6.45, 7) is 1.16. The second-order valence-corrected chi connectivity index (χ2v) is 6.99. The molecule has 0 bridgehead atoms. The number of aryl methyl sites for hydroxylation is 2. The fraction of sp³-hybridized carbons (Fsp3) is 0.316. The Hall–Kier alpha value is -2.27. The first-order valence-corrected chi connectivity index (χ1v) is 8.79. The number of esters is 1. The van der Waals surface area contributed by atoms with Gasteiger partial charge in [-0.3, -0.25) is 9.59 Å². The maximum absolute atomic E-state index is 12.3. The Morgan fingerprint density at radius 3 is 2.42 bits per heavy atom. The number of ketones is 2. The molecule has 1 heterocycles. The normalized spacial score (nSPS) is 13.2. The summed E-state index contributed by atoms with van der Waals surface area (Å²) >= 11 is 1.08. The van der Waals surface area contributed by atoms with E-state index in [1.54, 1.807) is 18.2 Å². The van der Waals surface area contributed by atoms with E-state index >= 15 is 0 Å². The number of rotatable bonds is 5. The van der Waals surface area contributed by atoms with Crippen molar-refractivity contribution in [2.24, 2.45) is 0 Å². The third-order valence-corrected chi connectivity index (χ3v) is 5.33. The Kier molecular flexibility index (Phi) is 4.90. The first-order valence-electron chi connectivity index (χ1n) is 7.97. The van der Waals surface area contributed by atoms with Crippen LogP contribution in [-0.2, 0) is 17.6 Å². The molecule has 2 aromatic rings. The van der Waals surface area contributed by atoms with Crippen LogP contribution in [0.2, 0.25) is 0 Å². The number of hydrogen-bond donors (Lipinski definition) is 0. The number of carbonyl (C=O) groups excluding carboxylic acids is 3. The highest BCUT2D eigenvalue weighted by atomic mass is 32.1. The topological polar surface area (TPSA) is 60.4 Å². The number of Topliss-reactive ketones (excluding diaryl/α,β-unsaturated/α-hetero) is 2. The van der Waals surface area contributed by atoms with E-state index < -0.39 is 5.97 Å². The molecule has 1 aliphatic rings. The van der Waals surface area contributed by atoms with E-state index in [0.717, 1.165) is 30.6 Å². The second kappa shape index (κ2) is 7.09. The van der Waals surface area contributed by atoms with Crippen molar-refractivity contribution in [2.75, 3.05) is 6.61 Å². The Morgan fingerprint density at radius 2 is 1.71 bits per heavy atom. The molecule has 4 nitrogen and oxygen atoms in total. The maximum atomic E-state index is 12.3. The van der Waals surface area contributed by atoms with Crippen molar-refractivity contribution in [1.29, 1.82) is 0 Å². The lowest BCUT2D eigenvalue weighted by Gasteiger charge is -2.16. The first kappa shape index (κ1) is 16.6. The van der Waals surface area contributed by atoms with Crippen molar-refractivity contribution < 1.29 is 19.1 Å². The van der Waals surface area contributed by atoms with Gasteiger partial charge in [-0.05, 0) is 61.9 Å². The SMILES string of the molecule is CC(=O)c1ccc(C(=O)OCC(=O)c2ccc3c(c2)CCCC3)s1. The minimum atomic E-state index is -0.571. The molecule has 0 fully saturated rings. The van der Waals surface area contributed by atoms with Crippen molar-refractivity contribution in [3.05, 3.63) is 56.8 Å². The summed E-state index contributed by atoms with van der Waals surface area (Å²) in [6, 6.07) is 8.87. The third-order valence-electron chi connectivity index (χ3n) is 4.16. The van der Waals surface area contributed by atoms with Crippen LogP contribution in [0.3, 0.4) is 0 Å². The average Bonchev–Trinajstić information content (AvgIpc) is 3.09. The fourth-order valence-electron chi connectivity index (χ4n) is 2.83. The van der Waals surface area contributed by atoms with Crippen LogP contribution in [0.25, 0.3) is 0 Å². The van der Waals surface area contributed by atoms with Crippen LogP contribution in [0.4, 0.5) is 0 Å². The van der Waals surface area contributed by atoms with E-state index in [2.05, 4.69) is 0 Å². The van der Waals surface area contributed by atoms with Crippen LogP contribution in [0, 0.1) is 0 Å². The fourth-order valence-corrected chi connectivity index (χ4v) is 3.62. The van der Waals surface area contributed by atoms with Crippen molar-refractivity contribution in [2.45, 2.75) is 32.6 Å². The van der Waals surface area contributed by atoms with Gasteiger partial charge in [0, 0.05) is 5.56 Å². The Bertz CT molecular complexity index is 803. The predicted molar refractivity (Wildman–Crippen MR) is 92.0 cm³/mol. The summed E-state index contributed by atoms with van der Waals surface area (Å²) in [5.74, 6) is -0.872. The van der Waals surface area contributed by atoms with E-state index in [0.29, 0.717) is 15.3 Å². The molecule has 5 heteroatoms. The molecule has 1 aliphatic carbocycles. The minimum absolute atomic E-state index is 0.0933. The molecule has 0 N–H and O–H groups in total. The highest BCUT2D eigenvalue weighted by Gasteiger charge is 2.17. The van der Waals surface area contributed by atoms with Gasteiger partial charge in [0.2, 0.25) is 0 Å². The molecule has 0 saturated carbocycles. The molecule has 1 aromatic heterocycles. The Balaban J connectivity index is 1.62. The van der Waals surface area contributed by atoms with Gasteiger partial charge in [0.1, 0.15) is 4.88 Å². The van der Waals surface area contributed by atoms with Crippen molar-refractivity contribution >= 4 is 28.9 Å². The molecular weight excluding hydrogens is 324 g/mol. The number of ether oxygens (including phenoxy) is 1. The number of fused-ring (bicyclic) bond motifs is 1. The molecule has 0 amide bonds. The number of hydrogen-bond acceptors (Lipinski definition) is 5. The molecule has 0 radical (unpaired) electrons. The molecule has 0 spiro atoms. The van der Waals surface area contributed by atoms with Gasteiger partial charge in [-0.2, -0.15) is 0 Å². The van der Waals surface area contributed by atoms with Gasteiger partial charge in [0.15, 0.2) is 18.2 Å². The standard InChI is InChI=1S/C19H18O4S/c1-12(20)17-8-9-18(24-17)19(22)23-11-16(21)15-7-6-13-4-2-3-5-14(13)10-15/h6-10H,2-5,11H2,1H3. The molecule has 1 aromatic carbocycles. The summed E-state index contributed by atoms with van der Waals surface area (Å²) in [7, 11) is 0. The number of carbonyl (C=O) groups is 3. The van der Waals surface area contributed by atoms with Crippen molar-refractivity contribution in [3.63, 3.8) is 0 Å². The third kappa shape index (κ3) is 3.62. The second-order valence-electron chi connectivity index (χ2n) is 5.91. The van der Waals surface area contributed by atoms with E-state index in [-0.39, 0.29) is 18.2 Å². The van der Waals surface area contributed by atoms with Gasteiger partial charge >= 0.3 is 5.97 Å². The zero-order chi connectivity index (χ0) is 17.1. The highest BCUT2D eigenvalue weighted by Crippen LogP contribution is 2.23. The van der Waals surface area contributed by atoms with E-state index in [9.17, 15) is 14.4 Å².